The number of hydrogen-bond acceptors (Lipinski definition) is 3. The van der Waals surface area contributed by atoms with Crippen LogP contribution >= 0.6 is 39.1 Å². The van der Waals surface area contributed by atoms with E-state index < -0.39 is 5.91 Å². The smallest absolute Gasteiger partial charge is 0.266 e. The van der Waals surface area contributed by atoms with E-state index in [1.54, 1.807) is 30.3 Å². The molecule has 0 aromatic heterocycles. The van der Waals surface area contributed by atoms with Crippen LogP contribution in [0.25, 0.3) is 6.08 Å². The van der Waals surface area contributed by atoms with Gasteiger partial charge in [-0.25, -0.2) is 0 Å². The van der Waals surface area contributed by atoms with Crippen molar-refractivity contribution in [3.63, 3.8) is 0 Å². The first-order chi connectivity index (χ1) is 15.4. The highest BCUT2D eigenvalue weighted by Crippen LogP contribution is 2.28. The topological polar surface area (TPSA) is 62.1 Å². The molecule has 0 aliphatic heterocycles. The van der Waals surface area contributed by atoms with Gasteiger partial charge in [-0.05, 0) is 60.5 Å². The van der Waals surface area contributed by atoms with Crippen molar-refractivity contribution in [3.8, 4) is 11.8 Å². The fraction of sp³-hybridized carbons (Fsp3) is 0.120. The first-order valence-electron chi connectivity index (χ1n) is 9.78. The lowest BCUT2D eigenvalue weighted by atomic mass is 10.1. The monoisotopic (exact) mass is 528 g/mol. The van der Waals surface area contributed by atoms with Crippen LogP contribution in [-0.2, 0) is 17.8 Å². The number of ether oxygens (including phenoxy) is 1. The molecular formula is C25H19BrCl2N2O2. The molecule has 0 saturated carbocycles. The zero-order valence-electron chi connectivity index (χ0n) is 17.2. The first kappa shape index (κ1) is 23.9. The fourth-order valence-electron chi connectivity index (χ4n) is 2.88. The molecular weight excluding hydrogens is 511 g/mol. The number of hydrogen-bond donors (Lipinski definition) is 1. The summed E-state index contributed by atoms with van der Waals surface area (Å²) >= 11 is 15.6. The van der Waals surface area contributed by atoms with Crippen LogP contribution in [0.15, 0.2) is 70.7 Å². The molecule has 0 atom stereocenters. The van der Waals surface area contributed by atoms with E-state index in [1.165, 1.54) is 6.08 Å². The largest absolute Gasteiger partial charge is 0.488 e. The molecule has 3 rings (SSSR count). The number of rotatable bonds is 7. The first-order valence-corrected chi connectivity index (χ1v) is 11.3. The van der Waals surface area contributed by atoms with Crippen LogP contribution in [0.1, 0.15) is 23.6 Å². The van der Waals surface area contributed by atoms with Gasteiger partial charge in [-0.3, -0.25) is 4.79 Å². The molecule has 0 bridgehead atoms. The SMILES string of the molecule is CCc1ccc(NC(=O)/C(C#N)=C/c2cc(Br)ccc2OCc2ccc(Cl)cc2Cl)cc1. The Morgan fingerprint density at radius 1 is 1.12 bits per heavy atom. The number of nitrogens with one attached hydrogen (secondary N) is 1. The number of halogens is 3. The van der Waals surface area contributed by atoms with Gasteiger partial charge in [-0.1, -0.05) is 64.3 Å². The number of aryl methyl sites for hydroxylation is 1. The molecule has 1 N–H and O–H groups in total. The van der Waals surface area contributed by atoms with Crippen LogP contribution in [0.5, 0.6) is 5.75 Å². The van der Waals surface area contributed by atoms with E-state index in [9.17, 15) is 10.1 Å². The van der Waals surface area contributed by atoms with Gasteiger partial charge < -0.3 is 10.1 Å². The van der Waals surface area contributed by atoms with Crippen molar-refractivity contribution in [3.05, 3.63) is 97.4 Å². The summed E-state index contributed by atoms with van der Waals surface area (Å²) in [5, 5.41) is 13.4. The molecule has 0 unspecified atom stereocenters. The molecule has 3 aromatic carbocycles. The Labute approximate surface area is 205 Å². The average Bonchev–Trinajstić information content (AvgIpc) is 2.78. The zero-order valence-corrected chi connectivity index (χ0v) is 20.3. The lowest BCUT2D eigenvalue weighted by Crippen LogP contribution is -2.13. The van der Waals surface area contributed by atoms with Crippen LogP contribution in [0.2, 0.25) is 10.0 Å². The molecule has 0 saturated heterocycles. The summed E-state index contributed by atoms with van der Waals surface area (Å²) in [5.74, 6) is 0.00971. The molecule has 7 heteroatoms. The lowest BCUT2D eigenvalue weighted by Gasteiger charge is -2.12. The maximum Gasteiger partial charge on any atom is 0.266 e. The van der Waals surface area contributed by atoms with Crippen molar-refractivity contribution >= 4 is 56.8 Å². The molecule has 4 nitrogen and oxygen atoms in total. The molecule has 1 amide bonds. The zero-order chi connectivity index (χ0) is 23.1. The lowest BCUT2D eigenvalue weighted by molar-refractivity contribution is -0.112. The minimum Gasteiger partial charge on any atom is -0.488 e. The van der Waals surface area contributed by atoms with Crippen LogP contribution in [0.3, 0.4) is 0 Å². The molecule has 32 heavy (non-hydrogen) atoms. The van der Waals surface area contributed by atoms with Gasteiger partial charge in [0.05, 0.1) is 0 Å². The van der Waals surface area contributed by atoms with Gasteiger partial charge in [0.2, 0.25) is 0 Å². The van der Waals surface area contributed by atoms with Gasteiger partial charge in [0.25, 0.3) is 5.91 Å². The molecule has 0 aliphatic carbocycles. The quantitative estimate of drug-likeness (QED) is 0.255. The highest BCUT2D eigenvalue weighted by Gasteiger charge is 2.13. The minimum absolute atomic E-state index is 0.0444. The second-order valence-electron chi connectivity index (χ2n) is 6.88. The number of anilines is 1. The van der Waals surface area contributed by atoms with E-state index in [4.69, 9.17) is 27.9 Å². The second-order valence-corrected chi connectivity index (χ2v) is 8.64. The molecule has 162 valence electrons. The number of nitrogens with zero attached hydrogens (tertiary/aromatic N) is 1. The van der Waals surface area contributed by atoms with Crippen molar-refractivity contribution in [1.29, 1.82) is 5.26 Å². The van der Waals surface area contributed by atoms with Crippen molar-refractivity contribution in [2.45, 2.75) is 20.0 Å². The number of nitriles is 1. The molecule has 0 fully saturated rings. The molecule has 3 aromatic rings. The summed E-state index contributed by atoms with van der Waals surface area (Å²) in [7, 11) is 0. The summed E-state index contributed by atoms with van der Waals surface area (Å²) in [6, 6.07) is 20.0. The van der Waals surface area contributed by atoms with E-state index in [1.807, 2.05) is 36.4 Å². The summed E-state index contributed by atoms with van der Waals surface area (Å²) in [4.78, 5) is 12.7. The van der Waals surface area contributed by atoms with Crippen LogP contribution in [0.4, 0.5) is 5.69 Å². The standard InChI is InChI=1S/C25H19BrCl2N2O2/c1-2-16-3-8-22(9-4-16)30-25(31)19(14-29)11-18-12-20(26)6-10-24(18)32-15-17-5-7-21(27)13-23(17)28/h3-13H,2,15H2,1H3,(H,30,31)/b19-11+. The van der Waals surface area contributed by atoms with Gasteiger partial charge in [0.15, 0.2) is 0 Å². The van der Waals surface area contributed by atoms with Gasteiger partial charge in [0.1, 0.15) is 24.0 Å². The van der Waals surface area contributed by atoms with Crippen LogP contribution in [0, 0.1) is 11.3 Å². The van der Waals surface area contributed by atoms with Crippen LogP contribution in [-0.4, -0.2) is 5.91 Å². The van der Waals surface area contributed by atoms with Crippen molar-refractivity contribution < 1.29 is 9.53 Å². The third-order valence-electron chi connectivity index (χ3n) is 4.66. The Morgan fingerprint density at radius 2 is 1.88 bits per heavy atom. The third kappa shape index (κ3) is 6.37. The van der Waals surface area contributed by atoms with E-state index in [2.05, 4.69) is 28.2 Å². The van der Waals surface area contributed by atoms with Gasteiger partial charge >= 0.3 is 0 Å². The second kappa shape index (κ2) is 11.2. The molecule has 0 aliphatic rings. The van der Waals surface area contributed by atoms with Crippen molar-refractivity contribution in [2.24, 2.45) is 0 Å². The summed E-state index contributed by atoms with van der Waals surface area (Å²) in [6.07, 6.45) is 2.41. The van der Waals surface area contributed by atoms with Crippen LogP contribution < -0.4 is 10.1 Å². The minimum atomic E-state index is -0.497. The van der Waals surface area contributed by atoms with Crippen molar-refractivity contribution in [2.75, 3.05) is 5.32 Å². The fourth-order valence-corrected chi connectivity index (χ4v) is 3.73. The predicted molar refractivity (Wildman–Crippen MR) is 133 cm³/mol. The maximum atomic E-state index is 12.7. The summed E-state index contributed by atoms with van der Waals surface area (Å²) in [6.45, 7) is 2.26. The Bertz CT molecular complexity index is 1200. The van der Waals surface area contributed by atoms with Gasteiger partial charge in [-0.2, -0.15) is 5.26 Å². The highest BCUT2D eigenvalue weighted by molar-refractivity contribution is 9.10. The molecule has 0 heterocycles. The summed E-state index contributed by atoms with van der Waals surface area (Å²) < 4.78 is 6.72. The van der Waals surface area contributed by atoms with E-state index >= 15 is 0 Å². The highest BCUT2D eigenvalue weighted by atomic mass is 79.9. The van der Waals surface area contributed by atoms with E-state index in [0.29, 0.717) is 27.0 Å². The molecule has 0 radical (unpaired) electrons. The number of amides is 1. The van der Waals surface area contributed by atoms with E-state index in [-0.39, 0.29) is 12.2 Å². The Kier molecular flexibility index (Phi) is 8.35. The average molecular weight is 530 g/mol. The molecule has 0 spiro atoms. The maximum absolute atomic E-state index is 12.7. The number of carbonyl (C=O) groups is 1. The van der Waals surface area contributed by atoms with Gasteiger partial charge in [-0.15, -0.1) is 0 Å². The van der Waals surface area contributed by atoms with Gasteiger partial charge in [0, 0.05) is 31.3 Å². The Balaban J connectivity index is 1.82. The predicted octanol–water partition coefficient (Wildman–Crippen LogP) is 7.44. The normalized spacial score (nSPS) is 11.0. The van der Waals surface area contributed by atoms with E-state index in [0.717, 1.165) is 22.0 Å². The number of benzene rings is 3. The number of carbonyl (C=O) groups excluding carboxylic acids is 1. The van der Waals surface area contributed by atoms with Crippen molar-refractivity contribution in [1.82, 2.24) is 0 Å². The third-order valence-corrected chi connectivity index (χ3v) is 5.74. The Morgan fingerprint density at radius 3 is 2.53 bits per heavy atom. The Hall–Kier alpha value is -2.78. The summed E-state index contributed by atoms with van der Waals surface area (Å²) in [5.41, 5.74) is 3.09.